The fourth-order valence-electron chi connectivity index (χ4n) is 6.29. The van der Waals surface area contributed by atoms with E-state index in [2.05, 4.69) is 38.2 Å². The summed E-state index contributed by atoms with van der Waals surface area (Å²) in [5.74, 6) is -0.848. The molecule has 0 spiro atoms. The van der Waals surface area contributed by atoms with Crippen LogP contribution in [0.1, 0.15) is 206 Å². The van der Waals surface area contributed by atoms with Crippen LogP contribution in [0.2, 0.25) is 0 Å². The second-order valence-electron chi connectivity index (χ2n) is 16.8. The number of unbranched alkanes of at least 4 members (excludes halogenated alkanes) is 24. The number of nitrogens with zero attached hydrogens (tertiary/aromatic N) is 1. The molecule has 0 amide bonds. The summed E-state index contributed by atoms with van der Waals surface area (Å²) in [6, 6.07) is 0. The monoisotopic (exact) mass is 814 g/mol. The molecule has 0 bridgehead atoms. The molecule has 0 saturated carbocycles. The zero-order valence-corrected chi connectivity index (χ0v) is 38.0. The molecule has 2 unspecified atom stereocenters. The molecule has 0 aromatic rings. The van der Waals surface area contributed by atoms with Crippen LogP contribution in [0.15, 0.2) is 24.3 Å². The lowest BCUT2D eigenvalue weighted by Gasteiger charge is -2.28. The molecule has 0 radical (unpaired) electrons. The Bertz CT molecular complexity index is 1010. The zero-order valence-electron chi connectivity index (χ0n) is 37.1. The van der Waals surface area contributed by atoms with Crippen molar-refractivity contribution < 1.29 is 42.1 Å². The highest BCUT2D eigenvalue weighted by atomic mass is 31.2. The smallest absolute Gasteiger partial charge is 0.306 e. The Hall–Kier alpha value is -1.51. The van der Waals surface area contributed by atoms with Gasteiger partial charge in [0, 0.05) is 12.8 Å². The first-order valence-corrected chi connectivity index (χ1v) is 24.5. The number of quaternary nitrogens is 1. The molecule has 0 saturated heterocycles. The molecule has 0 heterocycles. The molecule has 330 valence electrons. The van der Waals surface area contributed by atoms with E-state index in [0.717, 1.165) is 70.6 Å². The number of carbonyl (C=O) groups is 2. The third kappa shape index (κ3) is 42.1. The molecule has 0 N–H and O–H groups in total. The van der Waals surface area contributed by atoms with E-state index in [1.165, 1.54) is 103 Å². The van der Waals surface area contributed by atoms with Crippen LogP contribution < -0.4 is 4.89 Å². The Morgan fingerprint density at radius 3 is 1.32 bits per heavy atom. The Balaban J connectivity index is 4.35. The molecular formula is C46H88NO8P. The van der Waals surface area contributed by atoms with E-state index >= 15 is 0 Å². The Morgan fingerprint density at radius 1 is 0.536 bits per heavy atom. The van der Waals surface area contributed by atoms with Crippen molar-refractivity contribution in [1.29, 1.82) is 0 Å². The van der Waals surface area contributed by atoms with Gasteiger partial charge in [-0.1, -0.05) is 154 Å². The van der Waals surface area contributed by atoms with Crippen LogP contribution in [0, 0.1) is 0 Å². The molecule has 10 heteroatoms. The second-order valence-corrected chi connectivity index (χ2v) is 18.2. The molecule has 0 aliphatic heterocycles. The van der Waals surface area contributed by atoms with Gasteiger partial charge >= 0.3 is 11.9 Å². The highest BCUT2D eigenvalue weighted by Gasteiger charge is 2.21. The number of allylic oxidation sites excluding steroid dienone is 4. The lowest BCUT2D eigenvalue weighted by Crippen LogP contribution is -2.37. The van der Waals surface area contributed by atoms with E-state index < -0.39 is 32.5 Å². The number of ether oxygens (including phenoxy) is 2. The highest BCUT2D eigenvalue weighted by molar-refractivity contribution is 7.45. The van der Waals surface area contributed by atoms with Crippen molar-refractivity contribution in [3.8, 4) is 0 Å². The standard InChI is InChI=1S/C46H88NO8P/c1-6-8-10-12-14-16-18-20-22-24-26-28-30-32-34-36-38-45(48)52-42-44(43-54-56(50,51)53-41-40-47(3,4)5)55-46(49)39-37-35-33-31-29-27-25-23-21-19-17-15-13-11-9-7-2/h22-25,44H,6-21,26-43H2,1-5H3/b24-22-,25-23-. The minimum Gasteiger partial charge on any atom is -0.756 e. The van der Waals surface area contributed by atoms with Gasteiger partial charge in [0.05, 0.1) is 27.7 Å². The van der Waals surface area contributed by atoms with Crippen LogP contribution in [0.5, 0.6) is 0 Å². The van der Waals surface area contributed by atoms with Gasteiger partial charge in [-0.25, -0.2) is 0 Å². The quantitative estimate of drug-likeness (QED) is 0.0197. The molecule has 56 heavy (non-hydrogen) atoms. The van der Waals surface area contributed by atoms with Crippen molar-refractivity contribution >= 4 is 19.8 Å². The normalized spacial score (nSPS) is 13.8. The number of phosphoric ester groups is 1. The summed E-state index contributed by atoms with van der Waals surface area (Å²) in [6.45, 7) is 4.22. The van der Waals surface area contributed by atoms with Gasteiger partial charge in [-0.2, -0.15) is 0 Å². The lowest BCUT2D eigenvalue weighted by molar-refractivity contribution is -0.870. The van der Waals surface area contributed by atoms with Gasteiger partial charge in [0.2, 0.25) is 0 Å². The average molecular weight is 814 g/mol. The third-order valence-corrected chi connectivity index (χ3v) is 10.9. The maximum atomic E-state index is 12.7. The van der Waals surface area contributed by atoms with E-state index in [-0.39, 0.29) is 26.1 Å². The third-order valence-electron chi connectivity index (χ3n) is 9.94. The van der Waals surface area contributed by atoms with Gasteiger partial charge in [-0.05, 0) is 64.2 Å². The first-order valence-electron chi connectivity index (χ1n) is 23.0. The van der Waals surface area contributed by atoms with Gasteiger partial charge in [-0.15, -0.1) is 0 Å². The van der Waals surface area contributed by atoms with Crippen LogP contribution in [0.3, 0.4) is 0 Å². The first kappa shape index (κ1) is 54.5. The number of hydrogen-bond donors (Lipinski definition) is 0. The van der Waals surface area contributed by atoms with E-state index in [9.17, 15) is 19.0 Å². The van der Waals surface area contributed by atoms with Crippen LogP contribution in [-0.4, -0.2) is 70.0 Å². The Labute approximate surface area is 345 Å². The molecule has 0 fully saturated rings. The van der Waals surface area contributed by atoms with Gasteiger partial charge in [0.25, 0.3) is 7.82 Å². The van der Waals surface area contributed by atoms with E-state index in [1.807, 2.05) is 21.1 Å². The number of likely N-dealkylation sites (N-methyl/N-ethyl adjacent to an activating group) is 1. The summed E-state index contributed by atoms with van der Waals surface area (Å²) in [4.78, 5) is 37.6. The Morgan fingerprint density at radius 2 is 0.911 bits per heavy atom. The molecule has 0 aromatic heterocycles. The first-order chi connectivity index (χ1) is 27.0. The zero-order chi connectivity index (χ0) is 41.4. The molecule has 0 aromatic carbocycles. The van der Waals surface area contributed by atoms with Crippen LogP contribution >= 0.6 is 7.82 Å². The summed E-state index contributed by atoms with van der Waals surface area (Å²) in [5.41, 5.74) is 0. The average Bonchev–Trinajstić information content (AvgIpc) is 3.15. The number of carbonyl (C=O) groups excluding carboxylic acids is 2. The van der Waals surface area contributed by atoms with Gasteiger partial charge in [0.1, 0.15) is 19.8 Å². The van der Waals surface area contributed by atoms with Gasteiger partial charge < -0.3 is 27.9 Å². The predicted octanol–water partition coefficient (Wildman–Crippen LogP) is 12.5. The summed E-state index contributed by atoms with van der Waals surface area (Å²) < 4.78 is 33.9. The molecular weight excluding hydrogens is 725 g/mol. The van der Waals surface area contributed by atoms with E-state index in [1.54, 1.807) is 0 Å². The second kappa shape index (κ2) is 39.0. The van der Waals surface area contributed by atoms with Crippen LogP contribution in [0.25, 0.3) is 0 Å². The van der Waals surface area contributed by atoms with Crippen molar-refractivity contribution in [1.82, 2.24) is 0 Å². The number of phosphoric acid groups is 1. The largest absolute Gasteiger partial charge is 0.756 e. The molecule has 0 rings (SSSR count). The minimum atomic E-state index is -4.63. The van der Waals surface area contributed by atoms with E-state index in [4.69, 9.17) is 18.5 Å². The summed E-state index contributed by atoms with van der Waals surface area (Å²) >= 11 is 0. The minimum absolute atomic E-state index is 0.0325. The fraction of sp³-hybridized carbons (Fsp3) is 0.870. The molecule has 0 aliphatic carbocycles. The van der Waals surface area contributed by atoms with Crippen LogP contribution in [-0.2, 0) is 32.7 Å². The topological polar surface area (TPSA) is 111 Å². The highest BCUT2D eigenvalue weighted by Crippen LogP contribution is 2.38. The van der Waals surface area contributed by atoms with Crippen molar-refractivity contribution in [2.75, 3.05) is 47.5 Å². The molecule has 9 nitrogen and oxygen atoms in total. The summed E-state index contributed by atoms with van der Waals surface area (Å²) in [7, 11) is 1.16. The molecule has 0 aliphatic rings. The molecule has 2 atom stereocenters. The van der Waals surface area contributed by atoms with Crippen molar-refractivity contribution in [3.05, 3.63) is 24.3 Å². The number of hydrogen-bond acceptors (Lipinski definition) is 8. The van der Waals surface area contributed by atoms with Crippen LogP contribution in [0.4, 0.5) is 0 Å². The maximum Gasteiger partial charge on any atom is 0.306 e. The SMILES string of the molecule is CCCCCCCCC/C=C\CCCCCCCC(=O)OCC(COP(=O)([O-])OCC[N+](C)(C)C)OC(=O)CCCCCCC/C=C\CCCCCCCCC. The lowest BCUT2D eigenvalue weighted by atomic mass is 10.1. The van der Waals surface area contributed by atoms with Gasteiger partial charge in [0.15, 0.2) is 6.10 Å². The fourth-order valence-corrected chi connectivity index (χ4v) is 7.02. The van der Waals surface area contributed by atoms with Gasteiger partial charge in [-0.3, -0.25) is 14.2 Å². The number of rotatable bonds is 42. The van der Waals surface area contributed by atoms with Crippen molar-refractivity contribution in [2.24, 2.45) is 0 Å². The van der Waals surface area contributed by atoms with Crippen molar-refractivity contribution in [3.63, 3.8) is 0 Å². The summed E-state index contributed by atoms with van der Waals surface area (Å²) in [6.07, 6.45) is 42.0. The van der Waals surface area contributed by atoms with E-state index in [0.29, 0.717) is 17.4 Å². The Kier molecular flexibility index (Phi) is 37.9. The maximum absolute atomic E-state index is 12.7. The summed E-state index contributed by atoms with van der Waals surface area (Å²) in [5, 5.41) is 0. The van der Waals surface area contributed by atoms with Crippen molar-refractivity contribution in [2.45, 2.75) is 213 Å². The number of esters is 2. The predicted molar refractivity (Wildman–Crippen MR) is 231 cm³/mol.